The van der Waals surface area contributed by atoms with Gasteiger partial charge in [0.1, 0.15) is 6.29 Å². The first-order valence-corrected chi connectivity index (χ1v) is 1.91. The quantitative estimate of drug-likeness (QED) is 0.345. The maximum absolute atomic E-state index is 9.74. The first kappa shape index (κ1) is 6.17. The molecule has 0 bridgehead atoms. The number of hydrogen-bond donors (Lipinski definition) is 2. The van der Waals surface area contributed by atoms with Crippen molar-refractivity contribution < 1.29 is 4.79 Å². The average Bonchev–Trinajstić information content (AvgIpc) is 1.72. The fraction of sp³-hybridized carbons (Fsp3) is 0.250. The molecule has 0 aliphatic carbocycles. The van der Waals surface area contributed by atoms with E-state index in [0.717, 1.165) is 0 Å². The van der Waals surface area contributed by atoms with Gasteiger partial charge >= 0.3 is 0 Å². The van der Waals surface area contributed by atoms with Crippen LogP contribution in [0.5, 0.6) is 0 Å². The topological polar surface area (TPSA) is 69.1 Å². The number of nitrogens with two attached hydrogens (primary N) is 2. The van der Waals surface area contributed by atoms with Gasteiger partial charge in [-0.2, -0.15) is 0 Å². The van der Waals surface area contributed by atoms with E-state index in [1.165, 1.54) is 6.20 Å². The van der Waals surface area contributed by atoms with Crippen LogP contribution in [0.25, 0.3) is 0 Å². The van der Waals surface area contributed by atoms with Crippen molar-refractivity contribution in [3.05, 3.63) is 11.8 Å². The molecule has 0 saturated carbocycles. The van der Waals surface area contributed by atoms with Gasteiger partial charge in [0.15, 0.2) is 0 Å². The highest BCUT2D eigenvalue weighted by Gasteiger charge is 1.83. The van der Waals surface area contributed by atoms with E-state index in [2.05, 4.69) is 0 Å². The van der Waals surface area contributed by atoms with Crippen LogP contribution < -0.4 is 11.5 Å². The van der Waals surface area contributed by atoms with Gasteiger partial charge in [0.25, 0.3) is 0 Å². The summed E-state index contributed by atoms with van der Waals surface area (Å²) in [7, 11) is 0. The molecule has 0 aromatic heterocycles. The fourth-order valence-electron chi connectivity index (χ4n) is 0.155. The number of carbonyl (C=O) groups excluding carboxylic acids is 1. The number of rotatable bonds is 2. The molecule has 0 saturated heterocycles. The van der Waals surface area contributed by atoms with Crippen LogP contribution in [0.3, 0.4) is 0 Å². The molecule has 0 spiro atoms. The molecule has 0 aliphatic rings. The molecular weight excluding hydrogens is 92.1 g/mol. The minimum absolute atomic E-state index is 0.222. The van der Waals surface area contributed by atoms with Gasteiger partial charge in [0.2, 0.25) is 0 Å². The summed E-state index contributed by atoms with van der Waals surface area (Å²) in [5, 5.41) is 0. The molecule has 0 radical (unpaired) electrons. The van der Waals surface area contributed by atoms with E-state index in [1.54, 1.807) is 0 Å². The normalized spacial score (nSPS) is 11.3. The van der Waals surface area contributed by atoms with E-state index in [4.69, 9.17) is 11.5 Å². The molecule has 40 valence electrons. The molecule has 0 amide bonds. The number of carbonyl (C=O) groups is 1. The Morgan fingerprint density at radius 2 is 2.29 bits per heavy atom. The SMILES string of the molecule is N/C=C(\C=O)CN. The lowest BCUT2D eigenvalue weighted by Gasteiger charge is -1.84. The highest BCUT2D eigenvalue weighted by atomic mass is 16.1. The summed E-state index contributed by atoms with van der Waals surface area (Å²) in [6, 6.07) is 0. The van der Waals surface area contributed by atoms with E-state index in [9.17, 15) is 4.79 Å². The Bertz CT molecular complexity index is 87.7. The van der Waals surface area contributed by atoms with Gasteiger partial charge in [0, 0.05) is 18.3 Å². The summed E-state index contributed by atoms with van der Waals surface area (Å²) < 4.78 is 0. The molecule has 0 aromatic rings. The van der Waals surface area contributed by atoms with Crippen LogP contribution >= 0.6 is 0 Å². The van der Waals surface area contributed by atoms with Crippen molar-refractivity contribution >= 4 is 6.29 Å². The Morgan fingerprint density at radius 3 is 2.29 bits per heavy atom. The molecule has 0 rings (SSSR count). The summed E-state index contributed by atoms with van der Waals surface area (Å²) in [5.41, 5.74) is 10.4. The predicted octanol–water partition coefficient (Wildman–Crippen LogP) is -1.01. The van der Waals surface area contributed by atoms with Gasteiger partial charge in [-0.15, -0.1) is 0 Å². The largest absolute Gasteiger partial charge is 0.404 e. The summed E-state index contributed by atoms with van der Waals surface area (Å²) in [6.07, 6.45) is 1.84. The van der Waals surface area contributed by atoms with Gasteiger partial charge in [-0.3, -0.25) is 4.79 Å². The van der Waals surface area contributed by atoms with Gasteiger partial charge in [-0.05, 0) is 0 Å². The lowest BCUT2D eigenvalue weighted by Crippen LogP contribution is -2.05. The lowest BCUT2D eigenvalue weighted by atomic mass is 10.3. The van der Waals surface area contributed by atoms with E-state index in [0.29, 0.717) is 11.9 Å². The van der Waals surface area contributed by atoms with Crippen molar-refractivity contribution in [1.82, 2.24) is 0 Å². The van der Waals surface area contributed by atoms with Crippen LogP contribution in [-0.4, -0.2) is 12.8 Å². The summed E-state index contributed by atoms with van der Waals surface area (Å²) >= 11 is 0. The van der Waals surface area contributed by atoms with Gasteiger partial charge < -0.3 is 11.5 Å². The minimum Gasteiger partial charge on any atom is -0.404 e. The molecule has 0 aromatic carbocycles. The first-order valence-electron chi connectivity index (χ1n) is 1.91. The molecule has 0 unspecified atom stereocenters. The van der Waals surface area contributed by atoms with Gasteiger partial charge in [-0.25, -0.2) is 0 Å². The maximum Gasteiger partial charge on any atom is 0.148 e. The standard InChI is InChI=1S/C4H8N2O/c5-1-4(2-6)3-7/h1,3H,2,5-6H2/b4-1-. The molecule has 7 heavy (non-hydrogen) atoms. The Labute approximate surface area is 42.0 Å². The van der Waals surface area contributed by atoms with Crippen LogP contribution in [0, 0.1) is 0 Å². The second kappa shape index (κ2) is 3.36. The third kappa shape index (κ3) is 1.94. The van der Waals surface area contributed by atoms with Crippen LogP contribution in [0.2, 0.25) is 0 Å². The van der Waals surface area contributed by atoms with Crippen LogP contribution in [0.4, 0.5) is 0 Å². The minimum atomic E-state index is 0.222. The number of aldehydes is 1. The second-order valence-electron chi connectivity index (χ2n) is 1.06. The Morgan fingerprint density at radius 1 is 1.71 bits per heavy atom. The Kier molecular flexibility index (Phi) is 2.96. The van der Waals surface area contributed by atoms with Crippen LogP contribution in [0.1, 0.15) is 0 Å². The molecule has 0 aliphatic heterocycles. The monoisotopic (exact) mass is 100 g/mol. The van der Waals surface area contributed by atoms with Crippen molar-refractivity contribution in [3.8, 4) is 0 Å². The van der Waals surface area contributed by atoms with Crippen molar-refractivity contribution in [1.29, 1.82) is 0 Å². The average molecular weight is 100 g/mol. The van der Waals surface area contributed by atoms with Crippen molar-refractivity contribution in [2.75, 3.05) is 6.54 Å². The van der Waals surface area contributed by atoms with E-state index in [1.807, 2.05) is 0 Å². The van der Waals surface area contributed by atoms with E-state index >= 15 is 0 Å². The van der Waals surface area contributed by atoms with Crippen molar-refractivity contribution in [3.63, 3.8) is 0 Å². The fourth-order valence-corrected chi connectivity index (χ4v) is 0.155. The third-order valence-corrected chi connectivity index (χ3v) is 0.601. The maximum atomic E-state index is 9.74. The molecular formula is C4H8N2O. The molecule has 3 heteroatoms. The zero-order valence-corrected chi connectivity index (χ0v) is 3.92. The van der Waals surface area contributed by atoms with Gasteiger partial charge in [-0.1, -0.05) is 0 Å². The Balaban J connectivity index is 3.60. The Hall–Kier alpha value is -0.830. The molecule has 0 fully saturated rings. The highest BCUT2D eigenvalue weighted by Crippen LogP contribution is 1.75. The number of hydrogen-bond acceptors (Lipinski definition) is 3. The van der Waals surface area contributed by atoms with Crippen LogP contribution in [0.15, 0.2) is 11.8 Å². The molecule has 4 N–H and O–H groups in total. The zero-order valence-electron chi connectivity index (χ0n) is 3.92. The molecule has 3 nitrogen and oxygen atoms in total. The van der Waals surface area contributed by atoms with E-state index < -0.39 is 0 Å². The van der Waals surface area contributed by atoms with E-state index in [-0.39, 0.29) is 6.54 Å². The lowest BCUT2D eigenvalue weighted by molar-refractivity contribution is -0.104. The third-order valence-electron chi connectivity index (χ3n) is 0.601. The summed E-state index contributed by atoms with van der Waals surface area (Å²) in [5.74, 6) is 0. The van der Waals surface area contributed by atoms with Crippen molar-refractivity contribution in [2.45, 2.75) is 0 Å². The summed E-state index contributed by atoms with van der Waals surface area (Å²) in [6.45, 7) is 0.222. The van der Waals surface area contributed by atoms with Crippen LogP contribution in [-0.2, 0) is 4.79 Å². The van der Waals surface area contributed by atoms with Gasteiger partial charge in [0.05, 0.1) is 0 Å². The first-order chi connectivity index (χ1) is 3.35. The summed E-state index contributed by atoms with van der Waals surface area (Å²) in [4.78, 5) is 9.74. The molecule has 0 atom stereocenters. The predicted molar refractivity (Wildman–Crippen MR) is 27.4 cm³/mol. The molecule has 0 heterocycles. The smallest absolute Gasteiger partial charge is 0.148 e. The zero-order chi connectivity index (χ0) is 5.70. The van der Waals surface area contributed by atoms with Crippen molar-refractivity contribution in [2.24, 2.45) is 11.5 Å². The second-order valence-corrected chi connectivity index (χ2v) is 1.06. The highest BCUT2D eigenvalue weighted by molar-refractivity contribution is 5.73.